The van der Waals surface area contributed by atoms with Gasteiger partial charge in [-0.3, -0.25) is 0 Å². The van der Waals surface area contributed by atoms with E-state index in [0.717, 1.165) is 54.2 Å². The van der Waals surface area contributed by atoms with Crippen molar-refractivity contribution in [2.24, 2.45) is 0 Å². The molecule has 1 heterocycles. The van der Waals surface area contributed by atoms with Gasteiger partial charge in [0.25, 0.3) is 0 Å². The molecule has 45 heavy (non-hydrogen) atoms. The van der Waals surface area contributed by atoms with Crippen LogP contribution in [0.15, 0.2) is 127 Å². The van der Waals surface area contributed by atoms with Crippen molar-refractivity contribution >= 4 is 56.8 Å². The van der Waals surface area contributed by atoms with E-state index in [2.05, 4.69) is 11.4 Å². The second kappa shape index (κ2) is 10.7. The SMILES string of the molecule is CCOC(=O)NC(c1c2ccccc2cc2ccccc12)P1(=O)Oc2ccc3ccccc3c2-c2c(ccc3ccccc23)O1. The molecule has 1 N–H and O–H groups in total. The van der Waals surface area contributed by atoms with Gasteiger partial charge in [-0.25, -0.2) is 9.36 Å². The summed E-state index contributed by atoms with van der Waals surface area (Å²) in [6, 6.07) is 41.4. The molecule has 1 unspecified atom stereocenters. The lowest BCUT2D eigenvalue weighted by atomic mass is 9.92. The Morgan fingerprint density at radius 2 is 1.09 bits per heavy atom. The summed E-state index contributed by atoms with van der Waals surface area (Å²) in [6.07, 6.45) is -0.719. The molecule has 220 valence electrons. The predicted molar refractivity (Wildman–Crippen MR) is 180 cm³/mol. The van der Waals surface area contributed by atoms with Crippen molar-refractivity contribution in [1.29, 1.82) is 0 Å². The highest BCUT2D eigenvalue weighted by Crippen LogP contribution is 2.65. The zero-order valence-electron chi connectivity index (χ0n) is 24.4. The second-order valence-electron chi connectivity index (χ2n) is 11.0. The third kappa shape index (κ3) is 4.49. The van der Waals surface area contributed by atoms with Crippen LogP contribution in [0, 0.1) is 0 Å². The molecule has 7 aromatic rings. The number of hydrogen-bond donors (Lipinski definition) is 1. The monoisotopic (exact) mass is 609 g/mol. The molecule has 6 nitrogen and oxygen atoms in total. The number of alkyl carbamates (subject to hydrolysis) is 1. The van der Waals surface area contributed by atoms with Gasteiger partial charge in [-0.15, -0.1) is 0 Å². The number of nitrogens with one attached hydrogen (secondary N) is 1. The topological polar surface area (TPSA) is 73.9 Å². The Labute approximate surface area is 259 Å². The highest BCUT2D eigenvalue weighted by molar-refractivity contribution is 7.55. The van der Waals surface area contributed by atoms with Crippen molar-refractivity contribution in [3.05, 3.63) is 133 Å². The molecule has 1 aliphatic heterocycles. The van der Waals surface area contributed by atoms with E-state index in [1.807, 2.05) is 121 Å². The van der Waals surface area contributed by atoms with Crippen molar-refractivity contribution in [2.75, 3.05) is 6.61 Å². The molecule has 0 saturated heterocycles. The van der Waals surface area contributed by atoms with Gasteiger partial charge in [-0.05, 0) is 68.2 Å². The van der Waals surface area contributed by atoms with Gasteiger partial charge in [0.15, 0.2) is 5.78 Å². The first kappa shape index (κ1) is 27.2. The van der Waals surface area contributed by atoms with E-state index in [1.54, 1.807) is 6.92 Å². The lowest BCUT2D eigenvalue weighted by molar-refractivity contribution is 0.150. The maximum atomic E-state index is 15.7. The minimum absolute atomic E-state index is 0.143. The Bertz CT molecular complexity index is 2200. The Hall–Kier alpha value is -5.32. The second-order valence-corrected chi connectivity index (χ2v) is 13.0. The molecule has 1 atom stereocenters. The van der Waals surface area contributed by atoms with Crippen LogP contribution in [0.4, 0.5) is 4.79 Å². The van der Waals surface area contributed by atoms with E-state index in [0.29, 0.717) is 17.1 Å². The van der Waals surface area contributed by atoms with Gasteiger partial charge in [-0.1, -0.05) is 109 Å². The first-order chi connectivity index (χ1) is 22.0. The van der Waals surface area contributed by atoms with Crippen molar-refractivity contribution in [1.82, 2.24) is 5.32 Å². The fourth-order valence-corrected chi connectivity index (χ4v) is 8.47. The number of benzene rings is 7. The van der Waals surface area contributed by atoms with Gasteiger partial charge >= 0.3 is 13.7 Å². The summed E-state index contributed by atoms with van der Waals surface area (Å²) in [5, 5.41) is 10.3. The zero-order chi connectivity index (χ0) is 30.5. The Balaban J connectivity index is 1.45. The maximum Gasteiger partial charge on any atom is 0.457 e. The van der Waals surface area contributed by atoms with Crippen LogP contribution in [-0.4, -0.2) is 12.7 Å². The lowest BCUT2D eigenvalue weighted by Gasteiger charge is -2.29. The third-order valence-corrected chi connectivity index (χ3v) is 10.3. The fraction of sp³-hybridized carbons (Fsp3) is 0.0789. The summed E-state index contributed by atoms with van der Waals surface area (Å²) in [7, 11) is -4.31. The molecule has 7 heteroatoms. The normalized spacial score (nSPS) is 14.2. The summed E-state index contributed by atoms with van der Waals surface area (Å²) in [6.45, 7) is 1.87. The largest absolute Gasteiger partial charge is 0.457 e. The maximum absolute atomic E-state index is 15.7. The van der Waals surface area contributed by atoms with E-state index in [4.69, 9.17) is 13.8 Å². The number of ether oxygens (including phenoxy) is 1. The van der Waals surface area contributed by atoms with Gasteiger partial charge < -0.3 is 19.1 Å². The number of hydrogen-bond acceptors (Lipinski definition) is 5. The Morgan fingerprint density at radius 1 is 0.644 bits per heavy atom. The zero-order valence-corrected chi connectivity index (χ0v) is 25.3. The van der Waals surface area contributed by atoms with Crippen LogP contribution in [0.3, 0.4) is 0 Å². The standard InChI is InChI=1S/C38H28NO5P/c1-2-42-38(40)39-37(34-30-17-9-5-13-26(30)23-27-14-6-10-18-31(27)34)45(41)43-32-21-19-24-11-3-7-15-28(24)35(32)36-29-16-8-4-12-25(29)20-22-33(36)44-45/h3-23,37H,2H2,1H3,(H,39,40). The first-order valence-corrected chi connectivity index (χ1v) is 16.5. The van der Waals surface area contributed by atoms with E-state index in [1.165, 1.54) is 0 Å². The average molecular weight is 610 g/mol. The number of fused-ring (bicyclic) bond motifs is 9. The Morgan fingerprint density at radius 3 is 1.58 bits per heavy atom. The van der Waals surface area contributed by atoms with Crippen LogP contribution in [0.5, 0.6) is 11.5 Å². The number of carbonyl (C=O) groups excluding carboxylic acids is 1. The summed E-state index contributed by atoms with van der Waals surface area (Å²) in [4.78, 5) is 13.2. The highest BCUT2D eigenvalue weighted by atomic mass is 31.2. The summed E-state index contributed by atoms with van der Waals surface area (Å²) < 4.78 is 34.3. The predicted octanol–water partition coefficient (Wildman–Crippen LogP) is 10.4. The molecule has 0 spiro atoms. The molecule has 7 aromatic carbocycles. The molecule has 0 radical (unpaired) electrons. The summed E-state index contributed by atoms with van der Waals surface area (Å²) in [5.74, 6) is -0.399. The fourth-order valence-electron chi connectivity index (χ4n) is 6.51. The van der Waals surface area contributed by atoms with Crippen LogP contribution in [0.1, 0.15) is 18.3 Å². The summed E-state index contributed by atoms with van der Waals surface area (Å²) in [5.41, 5.74) is 2.21. The third-order valence-electron chi connectivity index (χ3n) is 8.42. The van der Waals surface area contributed by atoms with Crippen molar-refractivity contribution in [3.63, 3.8) is 0 Å². The van der Waals surface area contributed by atoms with Gasteiger partial charge in [0.1, 0.15) is 11.5 Å². The molecule has 8 rings (SSSR count). The van der Waals surface area contributed by atoms with E-state index in [9.17, 15) is 4.79 Å². The van der Waals surface area contributed by atoms with Crippen LogP contribution < -0.4 is 14.4 Å². The van der Waals surface area contributed by atoms with Crippen molar-refractivity contribution in [3.8, 4) is 22.6 Å². The molecular weight excluding hydrogens is 581 g/mol. The van der Waals surface area contributed by atoms with Crippen LogP contribution in [0.2, 0.25) is 0 Å². The van der Waals surface area contributed by atoms with Crippen LogP contribution in [-0.2, 0) is 9.30 Å². The minimum atomic E-state index is -4.31. The molecule has 0 aromatic heterocycles. The molecule has 1 aliphatic rings. The smallest absolute Gasteiger partial charge is 0.450 e. The first-order valence-electron chi connectivity index (χ1n) is 14.9. The number of rotatable bonds is 4. The van der Waals surface area contributed by atoms with E-state index in [-0.39, 0.29) is 6.61 Å². The van der Waals surface area contributed by atoms with Crippen molar-refractivity contribution in [2.45, 2.75) is 12.7 Å². The molecule has 0 fully saturated rings. The van der Waals surface area contributed by atoms with Crippen LogP contribution >= 0.6 is 7.60 Å². The van der Waals surface area contributed by atoms with Crippen LogP contribution in [0.25, 0.3) is 54.2 Å². The van der Waals surface area contributed by atoms with E-state index < -0.39 is 19.5 Å². The minimum Gasteiger partial charge on any atom is -0.450 e. The summed E-state index contributed by atoms with van der Waals surface area (Å²) >= 11 is 0. The average Bonchev–Trinajstić information content (AvgIpc) is 3.20. The molecule has 1 amide bonds. The molecular formula is C38H28NO5P. The molecule has 0 bridgehead atoms. The van der Waals surface area contributed by atoms with Gasteiger partial charge in [0.05, 0.1) is 6.61 Å². The Kier molecular flexibility index (Phi) is 6.47. The molecule has 0 aliphatic carbocycles. The molecule has 0 saturated carbocycles. The van der Waals surface area contributed by atoms with Gasteiger partial charge in [0, 0.05) is 16.7 Å². The van der Waals surface area contributed by atoms with E-state index >= 15 is 4.57 Å². The van der Waals surface area contributed by atoms with Gasteiger partial charge in [0.2, 0.25) is 0 Å². The number of carbonyl (C=O) groups is 1. The lowest BCUT2D eigenvalue weighted by Crippen LogP contribution is -2.31. The quantitative estimate of drug-likeness (QED) is 0.159. The van der Waals surface area contributed by atoms with Gasteiger partial charge in [-0.2, -0.15) is 0 Å². The highest BCUT2D eigenvalue weighted by Gasteiger charge is 2.46. The van der Waals surface area contributed by atoms with Crippen molar-refractivity contribution < 1.29 is 23.1 Å². The number of amides is 1.